The molecule has 0 aromatic rings. The summed E-state index contributed by atoms with van der Waals surface area (Å²) in [7, 11) is 0. The van der Waals surface area contributed by atoms with Crippen LogP contribution in [-0.4, -0.2) is 62.0 Å². The van der Waals surface area contributed by atoms with Gasteiger partial charge in [-0.2, -0.15) is 0 Å². The van der Waals surface area contributed by atoms with Crippen molar-refractivity contribution in [2.75, 3.05) is 39.3 Å². The van der Waals surface area contributed by atoms with E-state index >= 15 is 0 Å². The number of piperidine rings is 1. The zero-order chi connectivity index (χ0) is 16.4. The van der Waals surface area contributed by atoms with Crippen LogP contribution < -0.4 is 21.7 Å². The lowest BCUT2D eigenvalue weighted by Gasteiger charge is -2.31. The topological polar surface area (TPSA) is 117 Å². The number of nitrogens with one attached hydrogen (secondary N) is 3. The first-order valence-electron chi connectivity index (χ1n) is 7.45. The molecule has 0 radical (unpaired) electrons. The molecule has 0 aromatic carbocycles. The average molecular weight is 311 g/mol. The van der Waals surface area contributed by atoms with E-state index in [0.717, 1.165) is 19.4 Å². The molecule has 8 heteroatoms. The Kier molecular flexibility index (Phi) is 8.16. The van der Waals surface area contributed by atoms with E-state index in [1.54, 1.807) is 0 Å². The van der Waals surface area contributed by atoms with Crippen molar-refractivity contribution in [3.05, 3.63) is 12.7 Å². The number of amides is 4. The van der Waals surface area contributed by atoms with Crippen molar-refractivity contribution >= 4 is 17.8 Å². The summed E-state index contributed by atoms with van der Waals surface area (Å²) in [4.78, 5) is 36.9. The Labute approximate surface area is 130 Å². The van der Waals surface area contributed by atoms with Gasteiger partial charge in [0.15, 0.2) is 0 Å². The minimum Gasteiger partial charge on any atom is -0.355 e. The molecule has 0 bridgehead atoms. The molecule has 124 valence electrons. The third-order valence-electron chi connectivity index (χ3n) is 3.35. The molecule has 1 aliphatic rings. The number of carbonyl (C=O) groups is 3. The van der Waals surface area contributed by atoms with Crippen LogP contribution in [0.2, 0.25) is 0 Å². The largest absolute Gasteiger partial charge is 0.355 e. The number of urea groups is 1. The van der Waals surface area contributed by atoms with Gasteiger partial charge in [0, 0.05) is 26.2 Å². The summed E-state index contributed by atoms with van der Waals surface area (Å²) in [5, 5.41) is 7.48. The summed E-state index contributed by atoms with van der Waals surface area (Å²) >= 11 is 0. The number of rotatable bonds is 7. The van der Waals surface area contributed by atoms with Gasteiger partial charge in [-0.15, -0.1) is 6.58 Å². The molecule has 1 rings (SSSR count). The third kappa shape index (κ3) is 6.68. The predicted molar refractivity (Wildman–Crippen MR) is 83.0 cm³/mol. The van der Waals surface area contributed by atoms with Gasteiger partial charge < -0.3 is 16.4 Å². The van der Waals surface area contributed by atoms with E-state index < -0.39 is 6.03 Å². The molecule has 1 atom stereocenters. The second kappa shape index (κ2) is 9.91. The predicted octanol–water partition coefficient (Wildman–Crippen LogP) is -1.21. The van der Waals surface area contributed by atoms with Crippen LogP contribution in [0.25, 0.3) is 0 Å². The molecule has 1 aliphatic heterocycles. The van der Waals surface area contributed by atoms with Gasteiger partial charge in [0.1, 0.15) is 0 Å². The number of imide groups is 1. The molecule has 1 saturated heterocycles. The summed E-state index contributed by atoms with van der Waals surface area (Å²) in [6.45, 7) is 5.98. The minimum absolute atomic E-state index is 0.0284. The molecule has 1 heterocycles. The lowest BCUT2D eigenvalue weighted by Crippen LogP contribution is -2.49. The Morgan fingerprint density at radius 3 is 2.77 bits per heavy atom. The molecule has 0 saturated carbocycles. The molecule has 1 fully saturated rings. The van der Waals surface area contributed by atoms with Gasteiger partial charge in [-0.05, 0) is 19.4 Å². The van der Waals surface area contributed by atoms with Crippen molar-refractivity contribution in [3.63, 3.8) is 0 Å². The summed E-state index contributed by atoms with van der Waals surface area (Å²) < 4.78 is 0. The lowest BCUT2D eigenvalue weighted by atomic mass is 9.97. The summed E-state index contributed by atoms with van der Waals surface area (Å²) in [6, 6.07) is -0.542. The van der Waals surface area contributed by atoms with Gasteiger partial charge in [0.2, 0.25) is 11.8 Å². The van der Waals surface area contributed by atoms with E-state index in [1.165, 1.54) is 6.08 Å². The highest BCUT2D eigenvalue weighted by molar-refractivity contribution is 5.95. The molecule has 1 unspecified atom stereocenters. The van der Waals surface area contributed by atoms with Gasteiger partial charge in [-0.1, -0.05) is 6.08 Å². The number of likely N-dealkylation sites (tertiary alicyclic amines) is 1. The molecular formula is C14H25N5O3. The van der Waals surface area contributed by atoms with Crippen molar-refractivity contribution in [1.29, 1.82) is 0 Å². The molecule has 0 spiro atoms. The Morgan fingerprint density at radius 1 is 1.32 bits per heavy atom. The van der Waals surface area contributed by atoms with Crippen LogP contribution in [0.5, 0.6) is 0 Å². The van der Waals surface area contributed by atoms with Crippen LogP contribution in [0, 0.1) is 5.92 Å². The number of carbonyl (C=O) groups excluding carboxylic acids is 3. The average Bonchev–Trinajstić information content (AvgIpc) is 2.50. The van der Waals surface area contributed by atoms with Crippen molar-refractivity contribution < 1.29 is 14.4 Å². The summed E-state index contributed by atoms with van der Waals surface area (Å²) in [5.74, 6) is -0.549. The van der Waals surface area contributed by atoms with Crippen LogP contribution in [-0.2, 0) is 9.59 Å². The lowest BCUT2D eigenvalue weighted by molar-refractivity contribution is -0.128. The SMILES string of the molecule is C=CCNC(=O)NC(=O)CN1CCCC(C(=O)NCCN)C1. The first-order chi connectivity index (χ1) is 10.6. The van der Waals surface area contributed by atoms with E-state index in [9.17, 15) is 14.4 Å². The van der Waals surface area contributed by atoms with E-state index in [-0.39, 0.29) is 24.3 Å². The maximum atomic E-state index is 11.9. The molecule has 22 heavy (non-hydrogen) atoms. The highest BCUT2D eigenvalue weighted by atomic mass is 16.2. The van der Waals surface area contributed by atoms with E-state index in [2.05, 4.69) is 22.5 Å². The molecule has 5 N–H and O–H groups in total. The maximum absolute atomic E-state index is 11.9. The molecule has 0 aromatic heterocycles. The Hall–Kier alpha value is -1.93. The number of hydrogen-bond donors (Lipinski definition) is 4. The molecule has 0 aliphatic carbocycles. The monoisotopic (exact) mass is 311 g/mol. The van der Waals surface area contributed by atoms with Crippen LogP contribution in [0.1, 0.15) is 12.8 Å². The van der Waals surface area contributed by atoms with Crippen LogP contribution in [0.4, 0.5) is 4.79 Å². The highest BCUT2D eigenvalue weighted by Crippen LogP contribution is 2.16. The smallest absolute Gasteiger partial charge is 0.321 e. The first kappa shape index (κ1) is 18.1. The van der Waals surface area contributed by atoms with Crippen LogP contribution >= 0.6 is 0 Å². The molecule has 8 nitrogen and oxygen atoms in total. The first-order valence-corrected chi connectivity index (χ1v) is 7.45. The quantitative estimate of drug-likeness (QED) is 0.440. The van der Waals surface area contributed by atoms with E-state index in [0.29, 0.717) is 26.2 Å². The highest BCUT2D eigenvalue weighted by Gasteiger charge is 2.26. The van der Waals surface area contributed by atoms with Crippen LogP contribution in [0.3, 0.4) is 0 Å². The second-order valence-corrected chi connectivity index (χ2v) is 5.20. The zero-order valence-corrected chi connectivity index (χ0v) is 12.8. The molecule has 4 amide bonds. The number of nitrogens with zero attached hydrogens (tertiary/aromatic N) is 1. The van der Waals surface area contributed by atoms with E-state index in [1.807, 2.05) is 4.90 Å². The number of nitrogens with two attached hydrogens (primary N) is 1. The molecular weight excluding hydrogens is 286 g/mol. The van der Waals surface area contributed by atoms with E-state index in [4.69, 9.17) is 5.73 Å². The Morgan fingerprint density at radius 2 is 2.09 bits per heavy atom. The van der Waals surface area contributed by atoms with Crippen molar-refractivity contribution in [2.24, 2.45) is 11.7 Å². The van der Waals surface area contributed by atoms with Gasteiger partial charge in [-0.25, -0.2) is 4.79 Å². The Bertz CT molecular complexity index is 413. The fraction of sp³-hybridized carbons (Fsp3) is 0.643. The summed E-state index contributed by atoms with van der Waals surface area (Å²) in [6.07, 6.45) is 3.17. The number of hydrogen-bond acceptors (Lipinski definition) is 5. The zero-order valence-electron chi connectivity index (χ0n) is 12.8. The van der Waals surface area contributed by atoms with Crippen molar-refractivity contribution in [1.82, 2.24) is 20.9 Å². The minimum atomic E-state index is -0.542. The van der Waals surface area contributed by atoms with Crippen molar-refractivity contribution in [2.45, 2.75) is 12.8 Å². The fourth-order valence-electron chi connectivity index (χ4n) is 2.33. The van der Waals surface area contributed by atoms with Gasteiger partial charge in [0.05, 0.1) is 12.5 Å². The standard InChI is InChI=1S/C14H25N5O3/c1-2-6-17-14(22)18-12(20)10-19-8-3-4-11(9-19)13(21)16-7-5-15/h2,11H,1,3-10,15H2,(H,16,21)(H2,17,18,20,22). The van der Waals surface area contributed by atoms with Crippen molar-refractivity contribution in [3.8, 4) is 0 Å². The maximum Gasteiger partial charge on any atom is 0.321 e. The normalized spacial score (nSPS) is 18.3. The van der Waals surface area contributed by atoms with Gasteiger partial charge in [-0.3, -0.25) is 19.8 Å². The van der Waals surface area contributed by atoms with Gasteiger partial charge >= 0.3 is 6.03 Å². The second-order valence-electron chi connectivity index (χ2n) is 5.20. The third-order valence-corrected chi connectivity index (χ3v) is 3.35. The Balaban J connectivity index is 2.35. The fourth-order valence-corrected chi connectivity index (χ4v) is 2.33. The van der Waals surface area contributed by atoms with Crippen LogP contribution in [0.15, 0.2) is 12.7 Å². The summed E-state index contributed by atoms with van der Waals surface area (Å²) in [5.41, 5.74) is 5.36. The van der Waals surface area contributed by atoms with Gasteiger partial charge in [0.25, 0.3) is 0 Å².